The number of benzene rings is 1. The third-order valence-corrected chi connectivity index (χ3v) is 5.91. The Kier molecular flexibility index (Phi) is 3.78. The van der Waals surface area contributed by atoms with Gasteiger partial charge in [0.1, 0.15) is 0 Å². The molecule has 0 heterocycles. The second-order valence-electron chi connectivity index (χ2n) is 6.01. The van der Waals surface area contributed by atoms with E-state index in [1.807, 2.05) is 18.2 Å². The smallest absolute Gasteiger partial charge is 0.237 e. The average Bonchev–Trinajstić information content (AvgIpc) is 3.11. The Balaban J connectivity index is 1.67. The summed E-state index contributed by atoms with van der Waals surface area (Å²) in [6, 6.07) is 10.1. The minimum atomic E-state index is -0.357. The molecule has 0 radical (unpaired) electrons. The van der Waals surface area contributed by atoms with Crippen LogP contribution in [0.1, 0.15) is 38.5 Å². The standard InChI is InChI=1S/C16H21NO2S/c18-12-15(8-4-5-9-15)17-14(19)16(10-11-16)20-13-6-2-1-3-7-13/h1-3,6-7,18H,4-5,8-12H2,(H,17,19). The van der Waals surface area contributed by atoms with E-state index in [2.05, 4.69) is 17.4 Å². The first kappa shape index (κ1) is 14.0. The van der Waals surface area contributed by atoms with Crippen molar-refractivity contribution in [2.75, 3.05) is 6.61 Å². The quantitative estimate of drug-likeness (QED) is 0.877. The van der Waals surface area contributed by atoms with E-state index in [-0.39, 0.29) is 22.8 Å². The maximum absolute atomic E-state index is 12.6. The lowest BCUT2D eigenvalue weighted by molar-refractivity contribution is -0.123. The zero-order chi connectivity index (χ0) is 14.1. The number of thioether (sulfide) groups is 1. The van der Waals surface area contributed by atoms with Gasteiger partial charge in [-0.05, 0) is 37.8 Å². The molecule has 2 saturated carbocycles. The van der Waals surface area contributed by atoms with Crippen molar-refractivity contribution >= 4 is 17.7 Å². The Bertz CT molecular complexity index is 479. The van der Waals surface area contributed by atoms with Gasteiger partial charge >= 0.3 is 0 Å². The van der Waals surface area contributed by atoms with E-state index in [1.165, 1.54) is 0 Å². The van der Waals surface area contributed by atoms with Crippen LogP contribution in [0, 0.1) is 0 Å². The molecule has 4 heteroatoms. The number of hydrogen-bond acceptors (Lipinski definition) is 3. The summed E-state index contributed by atoms with van der Waals surface area (Å²) in [7, 11) is 0. The molecule has 2 fully saturated rings. The maximum Gasteiger partial charge on any atom is 0.237 e. The fourth-order valence-electron chi connectivity index (χ4n) is 2.93. The fraction of sp³-hybridized carbons (Fsp3) is 0.562. The molecule has 0 aliphatic heterocycles. The average molecular weight is 291 g/mol. The Morgan fingerprint density at radius 3 is 2.35 bits per heavy atom. The van der Waals surface area contributed by atoms with E-state index < -0.39 is 0 Å². The molecule has 3 nitrogen and oxygen atoms in total. The summed E-state index contributed by atoms with van der Waals surface area (Å²) >= 11 is 1.66. The van der Waals surface area contributed by atoms with E-state index in [4.69, 9.17) is 0 Å². The zero-order valence-corrected chi connectivity index (χ0v) is 12.4. The fourth-order valence-corrected chi connectivity index (χ4v) is 4.13. The van der Waals surface area contributed by atoms with Gasteiger partial charge in [0.05, 0.1) is 16.9 Å². The predicted octanol–water partition coefficient (Wildman–Crippen LogP) is 2.73. The van der Waals surface area contributed by atoms with Gasteiger partial charge in [0, 0.05) is 4.90 Å². The number of amides is 1. The molecule has 0 bridgehead atoms. The zero-order valence-electron chi connectivity index (χ0n) is 11.6. The number of aliphatic hydroxyl groups is 1. The molecule has 0 spiro atoms. The van der Waals surface area contributed by atoms with Crippen LogP contribution in [0.5, 0.6) is 0 Å². The highest BCUT2D eigenvalue weighted by Gasteiger charge is 2.52. The highest BCUT2D eigenvalue weighted by molar-refractivity contribution is 8.01. The van der Waals surface area contributed by atoms with Crippen LogP contribution in [0.4, 0.5) is 0 Å². The lowest BCUT2D eigenvalue weighted by atomic mass is 9.98. The lowest BCUT2D eigenvalue weighted by Gasteiger charge is -2.30. The maximum atomic E-state index is 12.6. The Morgan fingerprint density at radius 1 is 1.15 bits per heavy atom. The number of rotatable bonds is 5. The summed E-state index contributed by atoms with van der Waals surface area (Å²) < 4.78 is -0.299. The van der Waals surface area contributed by atoms with Gasteiger partial charge in [-0.15, -0.1) is 11.8 Å². The van der Waals surface area contributed by atoms with E-state index in [1.54, 1.807) is 11.8 Å². The first-order valence-corrected chi connectivity index (χ1v) is 8.17. The summed E-state index contributed by atoms with van der Waals surface area (Å²) in [6.07, 6.45) is 5.86. The van der Waals surface area contributed by atoms with Crippen LogP contribution in [-0.2, 0) is 4.79 Å². The largest absolute Gasteiger partial charge is 0.394 e. The molecule has 1 aromatic carbocycles. The van der Waals surface area contributed by atoms with Gasteiger partial charge in [-0.2, -0.15) is 0 Å². The second-order valence-corrected chi connectivity index (χ2v) is 7.47. The predicted molar refractivity (Wildman–Crippen MR) is 80.7 cm³/mol. The number of hydrogen-bond donors (Lipinski definition) is 2. The Hall–Kier alpha value is -1.00. The van der Waals surface area contributed by atoms with Crippen molar-refractivity contribution < 1.29 is 9.90 Å². The summed E-state index contributed by atoms with van der Waals surface area (Å²) in [6.45, 7) is 0.0603. The van der Waals surface area contributed by atoms with Gasteiger partial charge in [-0.1, -0.05) is 31.0 Å². The third-order valence-electron chi connectivity index (χ3n) is 4.42. The minimum Gasteiger partial charge on any atom is -0.394 e. The molecule has 2 aliphatic rings. The number of aliphatic hydroxyl groups excluding tert-OH is 1. The van der Waals surface area contributed by atoms with Crippen molar-refractivity contribution in [3.63, 3.8) is 0 Å². The van der Waals surface area contributed by atoms with Crippen molar-refractivity contribution in [2.45, 2.75) is 53.7 Å². The summed E-state index contributed by atoms with van der Waals surface area (Å²) in [5.41, 5.74) is -0.357. The van der Waals surface area contributed by atoms with Crippen LogP contribution in [0.3, 0.4) is 0 Å². The molecule has 1 aromatic rings. The van der Waals surface area contributed by atoms with Gasteiger partial charge in [0.25, 0.3) is 0 Å². The van der Waals surface area contributed by atoms with E-state index in [0.29, 0.717) is 0 Å². The highest BCUT2D eigenvalue weighted by atomic mass is 32.2. The molecule has 2 aliphatic carbocycles. The van der Waals surface area contributed by atoms with Crippen molar-refractivity contribution in [3.05, 3.63) is 30.3 Å². The van der Waals surface area contributed by atoms with Crippen LogP contribution < -0.4 is 5.32 Å². The minimum absolute atomic E-state index is 0.0603. The summed E-state index contributed by atoms with van der Waals surface area (Å²) in [5.74, 6) is 0.113. The molecule has 0 saturated heterocycles. The Labute approximate surface area is 124 Å². The number of nitrogens with one attached hydrogen (secondary N) is 1. The SMILES string of the molecule is O=C(NC1(CO)CCCC1)C1(Sc2ccccc2)CC1. The van der Waals surface area contributed by atoms with Gasteiger partial charge < -0.3 is 10.4 Å². The first-order valence-electron chi connectivity index (χ1n) is 7.36. The number of carbonyl (C=O) groups is 1. The molecule has 108 valence electrons. The normalized spacial score (nSPS) is 22.4. The topological polar surface area (TPSA) is 49.3 Å². The van der Waals surface area contributed by atoms with Crippen LogP contribution in [0.15, 0.2) is 35.2 Å². The van der Waals surface area contributed by atoms with E-state index in [0.717, 1.165) is 43.4 Å². The highest BCUT2D eigenvalue weighted by Crippen LogP contribution is 2.52. The third kappa shape index (κ3) is 2.72. The van der Waals surface area contributed by atoms with E-state index >= 15 is 0 Å². The van der Waals surface area contributed by atoms with Gasteiger partial charge in [-0.25, -0.2) is 0 Å². The summed E-state index contributed by atoms with van der Waals surface area (Å²) in [5, 5.41) is 12.8. The van der Waals surface area contributed by atoms with Crippen LogP contribution in [0.25, 0.3) is 0 Å². The molecule has 20 heavy (non-hydrogen) atoms. The Morgan fingerprint density at radius 2 is 1.80 bits per heavy atom. The van der Waals surface area contributed by atoms with E-state index in [9.17, 15) is 9.90 Å². The van der Waals surface area contributed by atoms with Crippen LogP contribution in [0.2, 0.25) is 0 Å². The van der Waals surface area contributed by atoms with Crippen LogP contribution >= 0.6 is 11.8 Å². The van der Waals surface area contributed by atoms with Gasteiger partial charge in [-0.3, -0.25) is 4.79 Å². The van der Waals surface area contributed by atoms with Gasteiger partial charge in [0.15, 0.2) is 0 Å². The molecule has 0 atom stereocenters. The molecule has 1 amide bonds. The van der Waals surface area contributed by atoms with Crippen molar-refractivity contribution in [3.8, 4) is 0 Å². The van der Waals surface area contributed by atoms with Gasteiger partial charge in [0.2, 0.25) is 5.91 Å². The number of carbonyl (C=O) groups excluding carboxylic acids is 1. The molecular weight excluding hydrogens is 270 g/mol. The first-order chi connectivity index (χ1) is 9.68. The van der Waals surface area contributed by atoms with Crippen molar-refractivity contribution in [1.29, 1.82) is 0 Å². The molecule has 3 rings (SSSR count). The van der Waals surface area contributed by atoms with Crippen molar-refractivity contribution in [1.82, 2.24) is 5.32 Å². The van der Waals surface area contributed by atoms with Crippen LogP contribution in [-0.4, -0.2) is 27.9 Å². The monoisotopic (exact) mass is 291 g/mol. The molecular formula is C16H21NO2S. The molecule has 0 unspecified atom stereocenters. The summed E-state index contributed by atoms with van der Waals surface area (Å²) in [4.78, 5) is 13.8. The lowest BCUT2D eigenvalue weighted by Crippen LogP contribution is -2.52. The molecule has 2 N–H and O–H groups in total. The van der Waals surface area contributed by atoms with Crippen molar-refractivity contribution in [2.24, 2.45) is 0 Å². The second kappa shape index (κ2) is 5.41. The molecule has 0 aromatic heterocycles.